The van der Waals surface area contributed by atoms with Crippen molar-refractivity contribution in [2.75, 3.05) is 45.1 Å². The highest BCUT2D eigenvalue weighted by Crippen LogP contribution is 2.37. The standard InChI is InChI=1S/C14H21N3O4/c1-19-12-6-10(15)11(7-13(12)20-2)17-5-4-9(8-17)16-14(18)21-3/h6-7,9H,4-5,8,15H2,1-3H3,(H,16,18). The molecule has 1 aromatic rings. The predicted octanol–water partition coefficient (Wildman–Crippen LogP) is 1.22. The molecule has 0 saturated carbocycles. The fraction of sp³-hybridized carbons (Fsp3) is 0.500. The van der Waals surface area contributed by atoms with Crippen LogP contribution in [-0.2, 0) is 4.74 Å². The van der Waals surface area contributed by atoms with E-state index in [4.69, 9.17) is 15.2 Å². The number of nitrogens with zero attached hydrogens (tertiary/aromatic N) is 1. The minimum atomic E-state index is -0.415. The smallest absolute Gasteiger partial charge is 0.407 e. The van der Waals surface area contributed by atoms with Gasteiger partial charge in [0.15, 0.2) is 11.5 Å². The van der Waals surface area contributed by atoms with Gasteiger partial charge in [0, 0.05) is 25.2 Å². The van der Waals surface area contributed by atoms with E-state index in [0.717, 1.165) is 18.7 Å². The Labute approximate surface area is 123 Å². The molecule has 0 aliphatic carbocycles. The summed E-state index contributed by atoms with van der Waals surface area (Å²) in [4.78, 5) is 13.4. The summed E-state index contributed by atoms with van der Waals surface area (Å²) in [6.45, 7) is 1.48. The lowest BCUT2D eigenvalue weighted by atomic mass is 10.2. The normalized spacial score (nSPS) is 17.5. The van der Waals surface area contributed by atoms with Gasteiger partial charge in [-0.15, -0.1) is 0 Å². The van der Waals surface area contributed by atoms with Gasteiger partial charge in [-0.25, -0.2) is 4.79 Å². The Bertz CT molecular complexity index is 521. The third kappa shape index (κ3) is 3.24. The van der Waals surface area contributed by atoms with Crippen LogP contribution in [0.25, 0.3) is 0 Å². The molecule has 21 heavy (non-hydrogen) atoms. The summed E-state index contributed by atoms with van der Waals surface area (Å²) < 4.78 is 15.1. The van der Waals surface area contributed by atoms with Crippen molar-refractivity contribution in [1.29, 1.82) is 0 Å². The number of rotatable bonds is 4. The van der Waals surface area contributed by atoms with Crippen LogP contribution in [0.5, 0.6) is 11.5 Å². The van der Waals surface area contributed by atoms with Gasteiger partial charge in [0.2, 0.25) is 0 Å². The Morgan fingerprint density at radius 2 is 1.95 bits per heavy atom. The number of nitrogen functional groups attached to an aromatic ring is 1. The number of alkyl carbamates (subject to hydrolysis) is 1. The fourth-order valence-corrected chi connectivity index (χ4v) is 2.48. The molecule has 7 heteroatoms. The van der Waals surface area contributed by atoms with Crippen LogP contribution < -0.4 is 25.4 Å². The quantitative estimate of drug-likeness (QED) is 0.812. The van der Waals surface area contributed by atoms with E-state index >= 15 is 0 Å². The van der Waals surface area contributed by atoms with Crippen molar-refractivity contribution < 1.29 is 19.0 Å². The van der Waals surface area contributed by atoms with Crippen LogP contribution in [0, 0.1) is 0 Å². The van der Waals surface area contributed by atoms with Gasteiger partial charge in [-0.2, -0.15) is 0 Å². The van der Waals surface area contributed by atoms with Gasteiger partial charge in [0.05, 0.1) is 38.7 Å². The van der Waals surface area contributed by atoms with Gasteiger partial charge in [-0.1, -0.05) is 0 Å². The van der Waals surface area contributed by atoms with Gasteiger partial charge >= 0.3 is 6.09 Å². The van der Waals surface area contributed by atoms with Crippen molar-refractivity contribution in [3.63, 3.8) is 0 Å². The van der Waals surface area contributed by atoms with Gasteiger partial charge in [0.1, 0.15) is 0 Å². The van der Waals surface area contributed by atoms with Gasteiger partial charge in [0.25, 0.3) is 0 Å². The molecule has 1 unspecified atom stereocenters. The van der Waals surface area contributed by atoms with Crippen LogP contribution in [0.4, 0.5) is 16.2 Å². The molecule has 116 valence electrons. The second kappa shape index (κ2) is 6.43. The molecule has 3 N–H and O–H groups in total. The van der Waals surface area contributed by atoms with Crippen LogP contribution in [-0.4, -0.2) is 46.6 Å². The number of carbonyl (C=O) groups excluding carboxylic acids is 1. The zero-order valence-electron chi connectivity index (χ0n) is 12.5. The summed E-state index contributed by atoms with van der Waals surface area (Å²) >= 11 is 0. The molecule has 1 saturated heterocycles. The van der Waals surface area contributed by atoms with Gasteiger partial charge < -0.3 is 30.2 Å². The SMILES string of the molecule is COC(=O)NC1CCN(c2cc(OC)c(OC)cc2N)C1. The topological polar surface area (TPSA) is 86.0 Å². The molecule has 1 fully saturated rings. The first-order valence-corrected chi connectivity index (χ1v) is 6.70. The fourth-order valence-electron chi connectivity index (χ4n) is 2.48. The summed E-state index contributed by atoms with van der Waals surface area (Å²) in [6, 6.07) is 3.65. The van der Waals surface area contributed by atoms with Crippen molar-refractivity contribution >= 4 is 17.5 Å². The van der Waals surface area contributed by atoms with Crippen LogP contribution in [0.3, 0.4) is 0 Å². The summed E-state index contributed by atoms with van der Waals surface area (Å²) in [5, 5.41) is 2.80. The molecule has 0 spiro atoms. The number of methoxy groups -OCH3 is 3. The Balaban J connectivity index is 2.14. The molecule has 2 rings (SSSR count). The highest BCUT2D eigenvalue weighted by atomic mass is 16.5. The summed E-state index contributed by atoms with van der Waals surface area (Å²) in [6.07, 6.45) is 0.422. The number of benzene rings is 1. The molecule has 0 aromatic heterocycles. The van der Waals surface area contributed by atoms with E-state index < -0.39 is 6.09 Å². The molecule has 1 aromatic carbocycles. The predicted molar refractivity (Wildman–Crippen MR) is 80.1 cm³/mol. The number of amides is 1. The molecule has 1 aliphatic heterocycles. The molecule has 1 atom stereocenters. The van der Waals surface area contributed by atoms with Crippen molar-refractivity contribution in [2.24, 2.45) is 0 Å². The van der Waals surface area contributed by atoms with E-state index in [9.17, 15) is 4.79 Å². The first kappa shape index (κ1) is 15.1. The van der Waals surface area contributed by atoms with Crippen LogP contribution in [0.1, 0.15) is 6.42 Å². The van der Waals surface area contributed by atoms with E-state index in [2.05, 4.69) is 15.0 Å². The average molecular weight is 295 g/mol. The molecular weight excluding hydrogens is 274 g/mol. The lowest BCUT2D eigenvalue weighted by Crippen LogP contribution is -2.37. The number of hydrogen-bond donors (Lipinski definition) is 2. The van der Waals surface area contributed by atoms with E-state index in [1.54, 1.807) is 20.3 Å². The lowest BCUT2D eigenvalue weighted by molar-refractivity contribution is 0.167. The van der Waals surface area contributed by atoms with E-state index in [-0.39, 0.29) is 6.04 Å². The van der Waals surface area contributed by atoms with Crippen molar-refractivity contribution in [2.45, 2.75) is 12.5 Å². The molecule has 7 nitrogen and oxygen atoms in total. The van der Waals surface area contributed by atoms with E-state index in [1.807, 2.05) is 6.07 Å². The van der Waals surface area contributed by atoms with Crippen molar-refractivity contribution in [1.82, 2.24) is 5.32 Å². The Hall–Kier alpha value is -2.31. The number of hydrogen-bond acceptors (Lipinski definition) is 6. The second-order valence-electron chi connectivity index (χ2n) is 4.83. The third-order valence-corrected chi connectivity index (χ3v) is 3.57. The summed E-state index contributed by atoms with van der Waals surface area (Å²) in [5.41, 5.74) is 7.58. The summed E-state index contributed by atoms with van der Waals surface area (Å²) in [5.74, 6) is 1.23. The van der Waals surface area contributed by atoms with Crippen LogP contribution in [0.2, 0.25) is 0 Å². The number of carbonyl (C=O) groups is 1. The Kier molecular flexibility index (Phi) is 4.62. The van der Waals surface area contributed by atoms with Crippen molar-refractivity contribution in [3.8, 4) is 11.5 Å². The molecule has 0 bridgehead atoms. The largest absolute Gasteiger partial charge is 0.493 e. The minimum Gasteiger partial charge on any atom is -0.493 e. The minimum absolute atomic E-state index is 0.0462. The van der Waals surface area contributed by atoms with Gasteiger partial charge in [-0.05, 0) is 6.42 Å². The Morgan fingerprint density at radius 3 is 2.57 bits per heavy atom. The zero-order chi connectivity index (χ0) is 15.4. The van der Waals surface area contributed by atoms with Crippen molar-refractivity contribution in [3.05, 3.63) is 12.1 Å². The number of anilines is 2. The van der Waals surface area contributed by atoms with E-state index in [1.165, 1.54) is 7.11 Å². The molecule has 1 amide bonds. The van der Waals surface area contributed by atoms with Crippen LogP contribution in [0.15, 0.2) is 12.1 Å². The highest BCUT2D eigenvalue weighted by molar-refractivity contribution is 5.74. The maximum Gasteiger partial charge on any atom is 0.407 e. The monoisotopic (exact) mass is 295 g/mol. The maximum atomic E-state index is 11.2. The average Bonchev–Trinajstić information content (AvgIpc) is 2.94. The number of ether oxygens (including phenoxy) is 3. The number of nitrogens with two attached hydrogens (primary N) is 1. The number of nitrogens with one attached hydrogen (secondary N) is 1. The lowest BCUT2D eigenvalue weighted by Gasteiger charge is -2.22. The highest BCUT2D eigenvalue weighted by Gasteiger charge is 2.26. The summed E-state index contributed by atoms with van der Waals surface area (Å²) in [7, 11) is 4.51. The second-order valence-corrected chi connectivity index (χ2v) is 4.83. The molecule has 1 heterocycles. The van der Waals surface area contributed by atoms with Gasteiger partial charge in [-0.3, -0.25) is 0 Å². The van der Waals surface area contributed by atoms with Crippen LogP contribution >= 0.6 is 0 Å². The van der Waals surface area contributed by atoms with E-state index in [0.29, 0.717) is 23.7 Å². The first-order valence-electron chi connectivity index (χ1n) is 6.70. The third-order valence-electron chi connectivity index (χ3n) is 3.57. The Morgan fingerprint density at radius 1 is 1.29 bits per heavy atom. The maximum absolute atomic E-state index is 11.2. The zero-order valence-corrected chi connectivity index (χ0v) is 12.5. The molecule has 0 radical (unpaired) electrons. The first-order chi connectivity index (χ1) is 10.1. The molecular formula is C14H21N3O4. The molecule has 1 aliphatic rings.